The average molecular weight is 409 g/mol. The summed E-state index contributed by atoms with van der Waals surface area (Å²) in [6.07, 6.45) is 0. The van der Waals surface area contributed by atoms with Crippen LogP contribution in [-0.4, -0.2) is 11.8 Å². The van der Waals surface area contributed by atoms with Crippen LogP contribution in [0.1, 0.15) is 26.3 Å². The molecule has 0 aliphatic heterocycles. The Hall–Kier alpha value is -2.92. The fourth-order valence-corrected chi connectivity index (χ4v) is 2.89. The molecule has 0 bridgehead atoms. The van der Waals surface area contributed by atoms with Gasteiger partial charge in [-0.05, 0) is 35.9 Å². The SMILES string of the molecule is O=C(Nc1ccccc1C(=O)NCc1ccccc1)c1cccc(Br)c1. The summed E-state index contributed by atoms with van der Waals surface area (Å²) in [5, 5.41) is 5.69. The molecule has 0 aliphatic rings. The van der Waals surface area contributed by atoms with Gasteiger partial charge in [-0.2, -0.15) is 0 Å². The predicted molar refractivity (Wildman–Crippen MR) is 106 cm³/mol. The Bertz CT molecular complexity index is 926. The van der Waals surface area contributed by atoms with Gasteiger partial charge in [0.25, 0.3) is 11.8 Å². The average Bonchev–Trinajstić information content (AvgIpc) is 2.67. The third-order valence-electron chi connectivity index (χ3n) is 3.80. The second-order valence-electron chi connectivity index (χ2n) is 5.68. The third kappa shape index (κ3) is 4.58. The number of rotatable bonds is 5. The second kappa shape index (κ2) is 8.45. The van der Waals surface area contributed by atoms with Crippen molar-refractivity contribution in [1.82, 2.24) is 5.32 Å². The molecule has 3 aromatic carbocycles. The summed E-state index contributed by atoms with van der Waals surface area (Å²) in [5.74, 6) is -0.506. The van der Waals surface area contributed by atoms with E-state index in [1.807, 2.05) is 36.4 Å². The second-order valence-corrected chi connectivity index (χ2v) is 6.59. The van der Waals surface area contributed by atoms with Crippen molar-refractivity contribution in [1.29, 1.82) is 0 Å². The van der Waals surface area contributed by atoms with Gasteiger partial charge in [0.1, 0.15) is 0 Å². The van der Waals surface area contributed by atoms with Gasteiger partial charge in [-0.3, -0.25) is 9.59 Å². The molecule has 0 spiro atoms. The molecule has 0 heterocycles. The van der Waals surface area contributed by atoms with Gasteiger partial charge in [-0.15, -0.1) is 0 Å². The molecule has 0 fully saturated rings. The fraction of sp³-hybridized carbons (Fsp3) is 0.0476. The van der Waals surface area contributed by atoms with Crippen molar-refractivity contribution in [3.8, 4) is 0 Å². The smallest absolute Gasteiger partial charge is 0.255 e. The number of hydrogen-bond acceptors (Lipinski definition) is 2. The van der Waals surface area contributed by atoms with E-state index >= 15 is 0 Å². The van der Waals surface area contributed by atoms with Crippen molar-refractivity contribution in [2.45, 2.75) is 6.54 Å². The number of amides is 2. The van der Waals surface area contributed by atoms with Gasteiger partial charge in [-0.25, -0.2) is 0 Å². The highest BCUT2D eigenvalue weighted by Crippen LogP contribution is 2.18. The maximum absolute atomic E-state index is 12.5. The summed E-state index contributed by atoms with van der Waals surface area (Å²) in [4.78, 5) is 25.0. The van der Waals surface area contributed by atoms with E-state index in [1.54, 1.807) is 42.5 Å². The summed E-state index contributed by atoms with van der Waals surface area (Å²) in [6.45, 7) is 0.424. The Morgan fingerprint density at radius 2 is 1.54 bits per heavy atom. The Kier molecular flexibility index (Phi) is 5.81. The van der Waals surface area contributed by atoms with Crippen molar-refractivity contribution in [3.05, 3.63) is 100 Å². The Morgan fingerprint density at radius 1 is 0.808 bits per heavy atom. The Balaban J connectivity index is 1.73. The predicted octanol–water partition coefficient (Wildman–Crippen LogP) is 4.63. The number of carbonyl (C=O) groups excluding carboxylic acids is 2. The van der Waals surface area contributed by atoms with E-state index in [0.29, 0.717) is 23.4 Å². The molecule has 0 saturated heterocycles. The fourth-order valence-electron chi connectivity index (χ4n) is 2.49. The van der Waals surface area contributed by atoms with Crippen LogP contribution in [0.15, 0.2) is 83.3 Å². The van der Waals surface area contributed by atoms with E-state index in [9.17, 15) is 9.59 Å². The summed E-state index contributed by atoms with van der Waals surface area (Å²) in [6, 6.07) is 23.7. The number of nitrogens with one attached hydrogen (secondary N) is 2. The molecule has 4 nitrogen and oxygen atoms in total. The molecule has 3 rings (SSSR count). The number of halogens is 1. The van der Waals surface area contributed by atoms with Crippen LogP contribution in [0.2, 0.25) is 0 Å². The number of anilines is 1. The van der Waals surface area contributed by atoms with Gasteiger partial charge >= 0.3 is 0 Å². The highest BCUT2D eigenvalue weighted by Gasteiger charge is 2.14. The lowest BCUT2D eigenvalue weighted by Crippen LogP contribution is -2.24. The Labute approximate surface area is 160 Å². The van der Waals surface area contributed by atoms with E-state index in [2.05, 4.69) is 26.6 Å². The normalized spacial score (nSPS) is 10.2. The zero-order valence-electron chi connectivity index (χ0n) is 13.9. The molecule has 5 heteroatoms. The minimum Gasteiger partial charge on any atom is -0.348 e. The first-order valence-electron chi connectivity index (χ1n) is 8.11. The van der Waals surface area contributed by atoms with Gasteiger partial charge in [0, 0.05) is 16.6 Å². The quantitative estimate of drug-likeness (QED) is 0.646. The molecular weight excluding hydrogens is 392 g/mol. The first-order chi connectivity index (χ1) is 12.6. The highest BCUT2D eigenvalue weighted by molar-refractivity contribution is 9.10. The molecule has 0 aliphatic carbocycles. The van der Waals surface area contributed by atoms with Crippen molar-refractivity contribution in [3.63, 3.8) is 0 Å². The van der Waals surface area contributed by atoms with Crippen LogP contribution in [0.3, 0.4) is 0 Å². The lowest BCUT2D eigenvalue weighted by molar-refractivity contribution is 0.0952. The Morgan fingerprint density at radius 3 is 2.31 bits per heavy atom. The zero-order chi connectivity index (χ0) is 18.4. The van der Waals surface area contributed by atoms with Crippen molar-refractivity contribution in [2.24, 2.45) is 0 Å². The minimum absolute atomic E-state index is 0.237. The molecule has 0 unspecified atom stereocenters. The molecule has 3 aromatic rings. The first kappa shape index (κ1) is 17.9. The molecule has 130 valence electrons. The summed E-state index contributed by atoms with van der Waals surface area (Å²) in [7, 11) is 0. The first-order valence-corrected chi connectivity index (χ1v) is 8.91. The van der Waals surface area contributed by atoms with Crippen LogP contribution in [-0.2, 0) is 6.54 Å². The number of benzene rings is 3. The van der Waals surface area contributed by atoms with Gasteiger partial charge < -0.3 is 10.6 Å². The topological polar surface area (TPSA) is 58.2 Å². The lowest BCUT2D eigenvalue weighted by atomic mass is 10.1. The lowest BCUT2D eigenvalue weighted by Gasteiger charge is -2.12. The highest BCUT2D eigenvalue weighted by atomic mass is 79.9. The van der Waals surface area contributed by atoms with E-state index in [4.69, 9.17) is 0 Å². The van der Waals surface area contributed by atoms with Crippen molar-refractivity contribution in [2.75, 3.05) is 5.32 Å². The van der Waals surface area contributed by atoms with Crippen LogP contribution >= 0.6 is 15.9 Å². The standard InChI is InChI=1S/C21H17BrN2O2/c22-17-10-6-9-16(13-17)20(25)24-19-12-5-4-11-18(19)21(26)23-14-15-7-2-1-3-8-15/h1-13H,14H2,(H,23,26)(H,24,25). The summed E-state index contributed by atoms with van der Waals surface area (Å²) < 4.78 is 0.819. The molecular formula is C21H17BrN2O2. The zero-order valence-corrected chi connectivity index (χ0v) is 15.5. The van der Waals surface area contributed by atoms with Gasteiger partial charge in [0.05, 0.1) is 11.3 Å². The molecule has 0 atom stereocenters. The minimum atomic E-state index is -0.269. The van der Waals surface area contributed by atoms with Crippen LogP contribution in [0, 0.1) is 0 Å². The van der Waals surface area contributed by atoms with Gasteiger partial charge in [-0.1, -0.05) is 64.5 Å². The largest absolute Gasteiger partial charge is 0.348 e. The number of para-hydroxylation sites is 1. The number of carbonyl (C=O) groups is 2. The molecule has 0 radical (unpaired) electrons. The van der Waals surface area contributed by atoms with Gasteiger partial charge in [0.2, 0.25) is 0 Å². The third-order valence-corrected chi connectivity index (χ3v) is 4.30. The van der Waals surface area contributed by atoms with E-state index in [0.717, 1.165) is 10.0 Å². The maximum Gasteiger partial charge on any atom is 0.255 e. The molecule has 26 heavy (non-hydrogen) atoms. The molecule has 0 saturated carbocycles. The van der Waals surface area contributed by atoms with Crippen LogP contribution in [0.4, 0.5) is 5.69 Å². The maximum atomic E-state index is 12.5. The van der Waals surface area contributed by atoms with Crippen molar-refractivity contribution < 1.29 is 9.59 Å². The number of hydrogen-bond donors (Lipinski definition) is 2. The van der Waals surface area contributed by atoms with E-state index in [-0.39, 0.29) is 11.8 Å². The summed E-state index contributed by atoms with van der Waals surface area (Å²) >= 11 is 3.35. The molecule has 2 amide bonds. The monoisotopic (exact) mass is 408 g/mol. The molecule has 2 N–H and O–H groups in total. The van der Waals surface area contributed by atoms with Crippen LogP contribution in [0.5, 0.6) is 0 Å². The van der Waals surface area contributed by atoms with Gasteiger partial charge in [0.15, 0.2) is 0 Å². The van der Waals surface area contributed by atoms with Crippen LogP contribution < -0.4 is 10.6 Å². The summed E-state index contributed by atoms with van der Waals surface area (Å²) in [5.41, 5.74) is 2.42. The molecule has 0 aromatic heterocycles. The van der Waals surface area contributed by atoms with Crippen LogP contribution in [0.25, 0.3) is 0 Å². The van der Waals surface area contributed by atoms with E-state index < -0.39 is 0 Å². The van der Waals surface area contributed by atoms with Crippen molar-refractivity contribution >= 4 is 33.4 Å². The van der Waals surface area contributed by atoms with E-state index in [1.165, 1.54) is 0 Å².